The zero-order chi connectivity index (χ0) is 47.9. The number of hydrogen-bond donors (Lipinski definition) is 0. The second kappa shape index (κ2) is 52.9. The van der Waals surface area contributed by atoms with Crippen LogP contribution in [-0.4, -0.2) is 37.2 Å². The first-order valence-corrected chi connectivity index (χ1v) is 25.8. The summed E-state index contributed by atoms with van der Waals surface area (Å²) in [6.07, 6.45) is 75.7. The average molecular weight is 909 g/mol. The van der Waals surface area contributed by atoms with Gasteiger partial charge in [0.1, 0.15) is 13.2 Å². The van der Waals surface area contributed by atoms with Crippen molar-refractivity contribution >= 4 is 17.9 Å². The predicted octanol–water partition coefficient (Wildman–Crippen LogP) is 17.3. The van der Waals surface area contributed by atoms with Crippen molar-refractivity contribution in [2.75, 3.05) is 13.2 Å². The van der Waals surface area contributed by atoms with Crippen LogP contribution in [0.5, 0.6) is 0 Å². The third kappa shape index (κ3) is 50.3. The maximum absolute atomic E-state index is 12.7. The minimum Gasteiger partial charge on any atom is -0.462 e. The average Bonchev–Trinajstić information content (AvgIpc) is 3.31. The van der Waals surface area contributed by atoms with Crippen LogP contribution in [0.3, 0.4) is 0 Å². The van der Waals surface area contributed by atoms with Gasteiger partial charge in [0.05, 0.1) is 6.42 Å². The van der Waals surface area contributed by atoms with Crippen LogP contribution in [0.25, 0.3) is 0 Å². The third-order valence-corrected chi connectivity index (χ3v) is 10.1. The molecule has 0 saturated heterocycles. The highest BCUT2D eigenvalue weighted by Crippen LogP contribution is 2.11. The fraction of sp³-hybridized carbons (Fsp3) is 0.550. The van der Waals surface area contributed by atoms with Gasteiger partial charge in [0.2, 0.25) is 0 Å². The van der Waals surface area contributed by atoms with Crippen LogP contribution in [0.1, 0.15) is 194 Å². The first-order valence-electron chi connectivity index (χ1n) is 25.8. The Morgan fingerprint density at radius 2 is 0.636 bits per heavy atom. The Kier molecular flexibility index (Phi) is 49.1. The lowest BCUT2D eigenvalue weighted by Crippen LogP contribution is -2.30. The molecule has 0 aliphatic carbocycles. The molecule has 6 nitrogen and oxygen atoms in total. The van der Waals surface area contributed by atoms with Gasteiger partial charge in [-0.15, -0.1) is 0 Å². The fourth-order valence-electron chi connectivity index (χ4n) is 6.26. The van der Waals surface area contributed by atoms with Crippen molar-refractivity contribution in [3.8, 4) is 0 Å². The van der Waals surface area contributed by atoms with Crippen molar-refractivity contribution in [2.24, 2.45) is 0 Å². The van der Waals surface area contributed by atoms with Crippen LogP contribution in [0, 0.1) is 0 Å². The van der Waals surface area contributed by atoms with Crippen LogP contribution in [0.4, 0.5) is 0 Å². The lowest BCUT2D eigenvalue weighted by atomic mass is 10.1. The predicted molar refractivity (Wildman–Crippen MR) is 283 cm³/mol. The highest BCUT2D eigenvalue weighted by Gasteiger charge is 2.19. The number of allylic oxidation sites excluding steroid dienone is 23. The van der Waals surface area contributed by atoms with Gasteiger partial charge in [0.25, 0.3) is 0 Å². The topological polar surface area (TPSA) is 78.9 Å². The highest BCUT2D eigenvalue weighted by molar-refractivity contribution is 5.72. The van der Waals surface area contributed by atoms with Gasteiger partial charge in [0, 0.05) is 12.8 Å². The van der Waals surface area contributed by atoms with Gasteiger partial charge >= 0.3 is 17.9 Å². The van der Waals surface area contributed by atoms with E-state index in [1.54, 1.807) is 6.08 Å². The zero-order valence-corrected chi connectivity index (χ0v) is 41.9. The molecule has 1 unspecified atom stereocenters. The van der Waals surface area contributed by atoms with Crippen molar-refractivity contribution < 1.29 is 28.6 Å². The summed E-state index contributed by atoms with van der Waals surface area (Å²) in [7, 11) is 0. The van der Waals surface area contributed by atoms with Crippen molar-refractivity contribution in [3.05, 3.63) is 146 Å². The summed E-state index contributed by atoms with van der Waals surface area (Å²) < 4.78 is 16.6. The van der Waals surface area contributed by atoms with Crippen LogP contribution in [-0.2, 0) is 28.6 Å². The molecular formula is C60H92O6. The molecule has 0 rings (SSSR count). The van der Waals surface area contributed by atoms with E-state index in [0.29, 0.717) is 19.3 Å². The number of unbranched alkanes of at least 4 members (excludes halogenated alkanes) is 10. The summed E-state index contributed by atoms with van der Waals surface area (Å²) in [4.78, 5) is 37.9. The van der Waals surface area contributed by atoms with Crippen molar-refractivity contribution in [3.63, 3.8) is 0 Å². The van der Waals surface area contributed by atoms with Crippen LogP contribution < -0.4 is 0 Å². The van der Waals surface area contributed by atoms with E-state index < -0.39 is 12.1 Å². The second-order valence-corrected chi connectivity index (χ2v) is 16.3. The largest absolute Gasteiger partial charge is 0.462 e. The molecule has 0 aromatic heterocycles. The van der Waals surface area contributed by atoms with Gasteiger partial charge in [-0.3, -0.25) is 14.4 Å². The quantitative estimate of drug-likeness (QED) is 0.0262. The molecule has 0 aliphatic heterocycles. The van der Waals surface area contributed by atoms with Gasteiger partial charge in [-0.25, -0.2) is 0 Å². The Labute approximate surface area is 404 Å². The number of ether oxygens (including phenoxy) is 3. The molecule has 0 amide bonds. The second-order valence-electron chi connectivity index (χ2n) is 16.3. The van der Waals surface area contributed by atoms with Crippen molar-refractivity contribution in [2.45, 2.75) is 200 Å². The van der Waals surface area contributed by atoms with E-state index in [0.717, 1.165) is 128 Å². The summed E-state index contributed by atoms with van der Waals surface area (Å²) in [6.45, 7) is 6.21. The van der Waals surface area contributed by atoms with E-state index in [1.807, 2.05) is 6.08 Å². The molecule has 0 saturated carbocycles. The number of rotatable bonds is 44. The van der Waals surface area contributed by atoms with Crippen LogP contribution >= 0.6 is 0 Å². The van der Waals surface area contributed by atoms with E-state index >= 15 is 0 Å². The minimum atomic E-state index is -0.858. The monoisotopic (exact) mass is 909 g/mol. The first-order chi connectivity index (χ1) is 32.5. The third-order valence-electron chi connectivity index (χ3n) is 10.1. The smallest absolute Gasteiger partial charge is 0.310 e. The molecule has 0 heterocycles. The standard InChI is InChI=1S/C60H92O6/c1-4-7-10-13-16-19-22-25-28-29-30-31-33-35-38-41-44-47-50-53-59(62)65-56-57(55-64-58(61)52-49-46-43-40-37-34-27-24-21-18-15-12-9-6-3)66-60(63)54-51-48-45-42-39-36-32-26-23-20-17-14-11-8-5-2/h7-8,10-11,15-20,24-28,30-32,35,38-39,42,48,51,57H,4-6,9,12-14,21-23,29,33-34,36-37,40-41,43-47,49-50,52-56H2,1-3H3/b10-7-,11-8-,18-15-,19-16-,20-17-,27-24-,28-25-,31-30-,32-26-,38-35-,42-39-,51-48-. The first kappa shape index (κ1) is 61.3. The molecule has 0 fully saturated rings. The molecular weight excluding hydrogens is 817 g/mol. The van der Waals surface area contributed by atoms with Crippen molar-refractivity contribution in [1.82, 2.24) is 0 Å². The number of carbonyl (C=O) groups excluding carboxylic acids is 3. The molecule has 1 atom stereocenters. The Morgan fingerprint density at radius 1 is 0.333 bits per heavy atom. The van der Waals surface area contributed by atoms with Gasteiger partial charge in [0.15, 0.2) is 6.10 Å². The van der Waals surface area contributed by atoms with Gasteiger partial charge in [-0.2, -0.15) is 0 Å². The molecule has 0 aromatic rings. The number of esters is 3. The van der Waals surface area contributed by atoms with Gasteiger partial charge in [-0.1, -0.05) is 205 Å². The van der Waals surface area contributed by atoms with Crippen LogP contribution in [0.15, 0.2) is 146 Å². The van der Waals surface area contributed by atoms with E-state index in [1.165, 1.54) is 19.3 Å². The normalized spacial score (nSPS) is 13.3. The summed E-state index contributed by atoms with van der Waals surface area (Å²) in [5, 5.41) is 0. The molecule has 66 heavy (non-hydrogen) atoms. The Balaban J connectivity index is 4.61. The molecule has 0 spiro atoms. The summed E-state index contributed by atoms with van der Waals surface area (Å²) in [5.74, 6) is -1.13. The fourth-order valence-corrected chi connectivity index (χ4v) is 6.26. The maximum atomic E-state index is 12.7. The number of hydrogen-bond acceptors (Lipinski definition) is 6. The molecule has 0 N–H and O–H groups in total. The maximum Gasteiger partial charge on any atom is 0.310 e. The zero-order valence-electron chi connectivity index (χ0n) is 41.9. The van der Waals surface area contributed by atoms with E-state index in [4.69, 9.17) is 14.2 Å². The molecule has 0 radical (unpaired) electrons. The number of carbonyl (C=O) groups is 3. The van der Waals surface area contributed by atoms with E-state index in [-0.39, 0.29) is 31.6 Å². The summed E-state index contributed by atoms with van der Waals surface area (Å²) >= 11 is 0. The Bertz CT molecular complexity index is 1510. The molecule has 368 valence electrons. The van der Waals surface area contributed by atoms with Crippen LogP contribution in [0.2, 0.25) is 0 Å². The van der Waals surface area contributed by atoms with E-state index in [9.17, 15) is 14.4 Å². The molecule has 6 heteroatoms. The SMILES string of the molecule is CC/C=C\C/C=C\C/C=C\C/C=C\C/C=C\CCCCCC(=O)OCC(COC(=O)CCCCCCC/C=C\C/C=C\CCCC)OC(=O)C/C=C\C/C=C\C/C=C\C/C=C\C/C=C\CC. The minimum absolute atomic E-state index is 0.0791. The van der Waals surface area contributed by atoms with Gasteiger partial charge < -0.3 is 14.2 Å². The van der Waals surface area contributed by atoms with Gasteiger partial charge in [-0.05, 0) is 116 Å². The van der Waals surface area contributed by atoms with Crippen molar-refractivity contribution in [1.29, 1.82) is 0 Å². The molecule has 0 bridgehead atoms. The molecule has 0 aromatic carbocycles. The molecule has 0 aliphatic rings. The summed E-state index contributed by atoms with van der Waals surface area (Å²) in [6, 6.07) is 0. The Hall–Kier alpha value is -4.71. The lowest BCUT2D eigenvalue weighted by molar-refractivity contribution is -0.166. The summed E-state index contributed by atoms with van der Waals surface area (Å²) in [5.41, 5.74) is 0. The van der Waals surface area contributed by atoms with E-state index in [2.05, 4.69) is 154 Å². The Morgan fingerprint density at radius 3 is 1.02 bits per heavy atom. The highest BCUT2D eigenvalue weighted by atomic mass is 16.6. The lowest BCUT2D eigenvalue weighted by Gasteiger charge is -2.18.